The molecule has 0 aliphatic heterocycles. The van der Waals surface area contributed by atoms with Gasteiger partial charge in [0.05, 0.1) is 6.20 Å². The fourth-order valence-corrected chi connectivity index (χ4v) is 3.12. The van der Waals surface area contributed by atoms with E-state index in [1.54, 1.807) is 4.68 Å². The highest BCUT2D eigenvalue weighted by atomic mass is 16.3. The van der Waals surface area contributed by atoms with Gasteiger partial charge in [-0.15, -0.1) is 5.10 Å². The molecule has 0 amide bonds. The van der Waals surface area contributed by atoms with Gasteiger partial charge in [0.15, 0.2) is 0 Å². The van der Waals surface area contributed by atoms with Gasteiger partial charge in [0, 0.05) is 5.56 Å². The molecule has 0 spiro atoms. The van der Waals surface area contributed by atoms with Crippen LogP contribution >= 0.6 is 0 Å². The molecule has 128 valence electrons. The van der Waals surface area contributed by atoms with E-state index in [2.05, 4.69) is 10.3 Å². The minimum Gasteiger partial charge on any atom is -0.386 e. The molecule has 0 bridgehead atoms. The lowest BCUT2D eigenvalue weighted by Crippen LogP contribution is -2.20. The van der Waals surface area contributed by atoms with Crippen molar-refractivity contribution in [2.75, 3.05) is 0 Å². The third-order valence-corrected chi connectivity index (χ3v) is 4.45. The van der Waals surface area contributed by atoms with Crippen molar-refractivity contribution >= 4 is 0 Å². The second-order valence-electron chi connectivity index (χ2n) is 6.16. The molecule has 26 heavy (non-hydrogen) atoms. The first-order chi connectivity index (χ1) is 12.8. The summed E-state index contributed by atoms with van der Waals surface area (Å²) in [4.78, 5) is 0. The summed E-state index contributed by atoms with van der Waals surface area (Å²) < 4.78 is 1.75. The molecular formula is C22H19N3O. The van der Waals surface area contributed by atoms with Crippen molar-refractivity contribution in [2.24, 2.45) is 0 Å². The maximum atomic E-state index is 11.1. The Morgan fingerprint density at radius 3 is 1.85 bits per heavy atom. The zero-order valence-corrected chi connectivity index (χ0v) is 14.2. The highest BCUT2D eigenvalue weighted by molar-refractivity contribution is 5.57. The summed E-state index contributed by atoms with van der Waals surface area (Å²) in [6.07, 6.45) is 1.16. The van der Waals surface area contributed by atoms with Crippen molar-refractivity contribution in [3.05, 3.63) is 108 Å². The topological polar surface area (TPSA) is 50.9 Å². The molecule has 4 rings (SSSR count). The Bertz CT molecular complexity index is 952. The SMILES string of the molecule is O[C@@H](c1ccccc1)[C@@H](c1ccccc1)n1cc(-c2ccccc2)nn1. The number of aliphatic hydroxyl groups is 1. The maximum Gasteiger partial charge on any atom is 0.113 e. The van der Waals surface area contributed by atoms with Crippen LogP contribution in [-0.4, -0.2) is 20.1 Å². The average Bonchev–Trinajstić information content (AvgIpc) is 3.20. The van der Waals surface area contributed by atoms with Crippen LogP contribution in [0.25, 0.3) is 11.3 Å². The fraction of sp³-hybridized carbons (Fsp3) is 0.0909. The van der Waals surface area contributed by atoms with E-state index in [1.165, 1.54) is 0 Å². The molecule has 1 aromatic heterocycles. The Hall–Kier alpha value is -3.24. The predicted octanol–water partition coefficient (Wildman–Crippen LogP) is 4.27. The van der Waals surface area contributed by atoms with Crippen LogP contribution in [0.2, 0.25) is 0 Å². The Kier molecular flexibility index (Phi) is 4.58. The molecule has 0 saturated heterocycles. The molecule has 0 aliphatic carbocycles. The summed E-state index contributed by atoms with van der Waals surface area (Å²) in [5.41, 5.74) is 3.61. The molecular weight excluding hydrogens is 322 g/mol. The fourth-order valence-electron chi connectivity index (χ4n) is 3.12. The second-order valence-corrected chi connectivity index (χ2v) is 6.16. The highest BCUT2D eigenvalue weighted by Crippen LogP contribution is 2.32. The highest BCUT2D eigenvalue weighted by Gasteiger charge is 2.26. The summed E-state index contributed by atoms with van der Waals surface area (Å²) in [6.45, 7) is 0. The number of aromatic nitrogens is 3. The van der Waals surface area contributed by atoms with E-state index < -0.39 is 6.10 Å². The number of aliphatic hydroxyl groups excluding tert-OH is 1. The molecule has 0 aliphatic rings. The van der Waals surface area contributed by atoms with Crippen LogP contribution in [0.1, 0.15) is 23.3 Å². The standard InChI is InChI=1S/C22H19N3O/c26-22(19-14-8-3-9-15-19)21(18-12-6-2-7-13-18)25-16-20(23-24-25)17-10-4-1-5-11-17/h1-16,21-22,26H/t21-,22+/m1/s1. The molecule has 4 heteroatoms. The molecule has 2 atom stereocenters. The molecule has 0 fully saturated rings. The van der Waals surface area contributed by atoms with E-state index in [0.717, 1.165) is 22.4 Å². The molecule has 0 radical (unpaired) electrons. The molecule has 1 heterocycles. The molecule has 1 N–H and O–H groups in total. The van der Waals surface area contributed by atoms with E-state index in [0.29, 0.717) is 0 Å². The summed E-state index contributed by atoms with van der Waals surface area (Å²) in [6, 6.07) is 29.1. The molecule has 3 aromatic carbocycles. The first kappa shape index (κ1) is 16.2. The largest absolute Gasteiger partial charge is 0.386 e. The van der Waals surface area contributed by atoms with Gasteiger partial charge in [-0.2, -0.15) is 0 Å². The van der Waals surface area contributed by atoms with E-state index in [1.807, 2.05) is 97.2 Å². The van der Waals surface area contributed by atoms with Crippen molar-refractivity contribution in [3.63, 3.8) is 0 Å². The van der Waals surface area contributed by atoms with Gasteiger partial charge in [0.1, 0.15) is 17.8 Å². The Morgan fingerprint density at radius 2 is 1.23 bits per heavy atom. The van der Waals surface area contributed by atoms with Gasteiger partial charge in [-0.05, 0) is 11.1 Å². The van der Waals surface area contributed by atoms with Crippen molar-refractivity contribution in [1.82, 2.24) is 15.0 Å². The Morgan fingerprint density at radius 1 is 0.692 bits per heavy atom. The lowest BCUT2D eigenvalue weighted by molar-refractivity contribution is 0.124. The maximum absolute atomic E-state index is 11.1. The van der Waals surface area contributed by atoms with Gasteiger partial charge in [0.25, 0.3) is 0 Å². The lowest BCUT2D eigenvalue weighted by Gasteiger charge is -2.23. The number of hydrogen-bond donors (Lipinski definition) is 1. The van der Waals surface area contributed by atoms with E-state index >= 15 is 0 Å². The van der Waals surface area contributed by atoms with Crippen LogP contribution in [-0.2, 0) is 0 Å². The van der Waals surface area contributed by atoms with Gasteiger partial charge in [0.2, 0.25) is 0 Å². The Balaban J connectivity index is 1.76. The van der Waals surface area contributed by atoms with E-state index in [9.17, 15) is 5.11 Å². The normalized spacial score (nSPS) is 13.3. The molecule has 0 unspecified atom stereocenters. The number of nitrogens with zero attached hydrogens (tertiary/aromatic N) is 3. The number of benzene rings is 3. The van der Waals surface area contributed by atoms with Crippen LogP contribution in [0, 0.1) is 0 Å². The number of hydrogen-bond acceptors (Lipinski definition) is 3. The van der Waals surface area contributed by atoms with Gasteiger partial charge in [-0.3, -0.25) is 0 Å². The van der Waals surface area contributed by atoms with Gasteiger partial charge in [-0.25, -0.2) is 4.68 Å². The van der Waals surface area contributed by atoms with E-state index in [-0.39, 0.29) is 6.04 Å². The van der Waals surface area contributed by atoms with E-state index in [4.69, 9.17) is 0 Å². The molecule has 4 nitrogen and oxygen atoms in total. The van der Waals surface area contributed by atoms with Crippen LogP contribution in [0.5, 0.6) is 0 Å². The van der Waals surface area contributed by atoms with Crippen molar-refractivity contribution < 1.29 is 5.11 Å². The van der Waals surface area contributed by atoms with Crippen molar-refractivity contribution in [1.29, 1.82) is 0 Å². The third kappa shape index (κ3) is 3.27. The smallest absolute Gasteiger partial charge is 0.113 e. The minimum absolute atomic E-state index is 0.358. The van der Waals surface area contributed by atoms with Crippen molar-refractivity contribution in [3.8, 4) is 11.3 Å². The van der Waals surface area contributed by atoms with Crippen molar-refractivity contribution in [2.45, 2.75) is 12.1 Å². The lowest BCUT2D eigenvalue weighted by atomic mass is 9.96. The van der Waals surface area contributed by atoms with Crippen LogP contribution in [0.3, 0.4) is 0 Å². The van der Waals surface area contributed by atoms with Gasteiger partial charge >= 0.3 is 0 Å². The van der Waals surface area contributed by atoms with Crippen LogP contribution in [0.4, 0.5) is 0 Å². The monoisotopic (exact) mass is 341 g/mol. The summed E-state index contributed by atoms with van der Waals surface area (Å²) in [5.74, 6) is 0. The zero-order valence-electron chi connectivity index (χ0n) is 14.2. The molecule has 0 saturated carbocycles. The number of rotatable bonds is 5. The average molecular weight is 341 g/mol. The quantitative estimate of drug-likeness (QED) is 0.590. The summed E-state index contributed by atoms with van der Waals surface area (Å²) in [7, 11) is 0. The second kappa shape index (κ2) is 7.33. The zero-order chi connectivity index (χ0) is 17.8. The minimum atomic E-state index is -0.732. The molecule has 4 aromatic rings. The third-order valence-electron chi connectivity index (χ3n) is 4.45. The van der Waals surface area contributed by atoms with Gasteiger partial charge in [-0.1, -0.05) is 96.2 Å². The predicted molar refractivity (Wildman–Crippen MR) is 101 cm³/mol. The first-order valence-electron chi connectivity index (χ1n) is 8.58. The summed E-state index contributed by atoms with van der Waals surface area (Å²) >= 11 is 0. The Labute approximate surface area is 152 Å². The van der Waals surface area contributed by atoms with Gasteiger partial charge < -0.3 is 5.11 Å². The first-order valence-corrected chi connectivity index (χ1v) is 8.58. The summed E-state index contributed by atoms with van der Waals surface area (Å²) in [5, 5.41) is 19.7. The van der Waals surface area contributed by atoms with Crippen LogP contribution in [0.15, 0.2) is 97.2 Å². The van der Waals surface area contributed by atoms with Crippen LogP contribution < -0.4 is 0 Å².